The topological polar surface area (TPSA) is 88.5 Å². The average molecular weight is 611 g/mol. The number of aromatic carboxylic acids is 1. The van der Waals surface area contributed by atoms with Crippen LogP contribution in [0.1, 0.15) is 81.3 Å². The number of carboxylic acid groups (broad SMARTS) is 1. The molecule has 4 rings (SSSR count). The number of halogens is 1. The number of carboxylic acids is 1. The highest BCUT2D eigenvalue weighted by Gasteiger charge is 2.46. The fourth-order valence-electron chi connectivity index (χ4n) is 5.75. The summed E-state index contributed by atoms with van der Waals surface area (Å²) in [5.41, 5.74) is 3.10. The molecule has 0 bridgehead atoms. The first-order chi connectivity index (χ1) is 20.7. The number of carbonyl (C=O) groups is 2. The fourth-order valence-corrected chi connectivity index (χ4v) is 6.01. The number of ether oxygens (including phenoxy) is 3. The first kappa shape index (κ1) is 32.4. The normalized spacial score (nSPS) is 19.6. The Labute approximate surface area is 259 Å². The van der Waals surface area contributed by atoms with Crippen LogP contribution < -0.4 is 14.4 Å². The van der Waals surface area contributed by atoms with E-state index in [9.17, 15) is 14.7 Å². The summed E-state index contributed by atoms with van der Waals surface area (Å²) in [4.78, 5) is 28.3. The number of allylic oxidation sites excluding steroid dienone is 4. The number of carbonyl (C=O) groups excluding carboxylic acids is 1. The lowest BCUT2D eigenvalue weighted by molar-refractivity contribution is 0.0442. The summed E-state index contributed by atoms with van der Waals surface area (Å²) in [5, 5.41) is 9.39. The largest absolute Gasteiger partial charge is 0.493 e. The Morgan fingerprint density at radius 2 is 1.88 bits per heavy atom. The molecule has 2 aromatic carbocycles. The van der Waals surface area contributed by atoms with Gasteiger partial charge >= 0.3 is 12.1 Å². The van der Waals surface area contributed by atoms with Gasteiger partial charge in [0.05, 0.1) is 35.9 Å². The van der Waals surface area contributed by atoms with Crippen LogP contribution in [0.15, 0.2) is 48.6 Å². The van der Waals surface area contributed by atoms with Gasteiger partial charge in [-0.05, 0) is 87.5 Å². The van der Waals surface area contributed by atoms with Crippen molar-refractivity contribution < 1.29 is 28.9 Å². The average Bonchev–Trinajstić information content (AvgIpc) is 3.18. The molecular formula is C34H43ClN2O6. The Morgan fingerprint density at radius 3 is 2.53 bits per heavy atom. The summed E-state index contributed by atoms with van der Waals surface area (Å²) in [5.74, 6) is 0.540. The van der Waals surface area contributed by atoms with Crippen LogP contribution in [0.2, 0.25) is 5.02 Å². The van der Waals surface area contributed by atoms with Gasteiger partial charge in [-0.3, -0.25) is 9.80 Å². The molecular weight excluding hydrogens is 568 g/mol. The van der Waals surface area contributed by atoms with Crippen molar-refractivity contribution in [2.45, 2.75) is 71.9 Å². The Balaban J connectivity index is 1.52. The Hall–Kier alpha value is -3.49. The second-order valence-corrected chi connectivity index (χ2v) is 11.4. The smallest absolute Gasteiger partial charge is 0.415 e. The maximum absolute atomic E-state index is 13.0. The highest BCUT2D eigenvalue weighted by atomic mass is 35.5. The molecule has 0 aromatic heterocycles. The molecule has 9 heteroatoms. The molecule has 232 valence electrons. The number of rotatable bonds is 12. The minimum atomic E-state index is -1.11. The number of hydrogen-bond donors (Lipinski definition) is 1. The molecule has 0 saturated carbocycles. The molecule has 2 aliphatic heterocycles. The second-order valence-electron chi connectivity index (χ2n) is 11.0. The Morgan fingerprint density at radius 1 is 1.12 bits per heavy atom. The van der Waals surface area contributed by atoms with E-state index < -0.39 is 17.7 Å². The number of anilines is 1. The van der Waals surface area contributed by atoms with E-state index in [-0.39, 0.29) is 10.6 Å². The molecule has 2 fully saturated rings. The van der Waals surface area contributed by atoms with Crippen molar-refractivity contribution in [2.24, 2.45) is 0 Å². The summed E-state index contributed by atoms with van der Waals surface area (Å²) < 4.78 is 18.5. The van der Waals surface area contributed by atoms with E-state index in [1.165, 1.54) is 12.1 Å². The molecule has 1 atom stereocenters. The summed E-state index contributed by atoms with van der Waals surface area (Å²) in [6, 6.07) is 8.81. The predicted molar refractivity (Wildman–Crippen MR) is 171 cm³/mol. The van der Waals surface area contributed by atoms with Gasteiger partial charge in [-0.1, -0.05) is 43.7 Å². The number of likely N-dealkylation sites (tertiary alicyclic amines) is 1. The summed E-state index contributed by atoms with van der Waals surface area (Å²) in [6.07, 6.45) is 10.1. The maximum atomic E-state index is 13.0. The zero-order valence-electron chi connectivity index (χ0n) is 25.7. The van der Waals surface area contributed by atoms with Gasteiger partial charge in [0, 0.05) is 25.2 Å². The molecule has 0 radical (unpaired) electrons. The summed E-state index contributed by atoms with van der Waals surface area (Å²) >= 11 is 6.19. The third kappa shape index (κ3) is 7.73. The van der Waals surface area contributed by atoms with Crippen molar-refractivity contribution in [3.63, 3.8) is 0 Å². The monoisotopic (exact) mass is 610 g/mol. The standard InChI is InChI=1S/C34H43ClN2O6/c1-5-9-11-25(7-3)31-29(41-8-4)19-24(20-30(31)42-18-6-2)22-36-16-10-14-34(15-17-36)23-37(33(40)43-34)26-12-13-27(32(38)39)28(35)21-26/h7,9,11-13,19-21H,5-6,8,10,14-18,22-23H2,1-4H3,(H,38,39)/b11-9-,25-7+. The van der Waals surface area contributed by atoms with Gasteiger partial charge in [0.15, 0.2) is 0 Å². The van der Waals surface area contributed by atoms with Crippen molar-refractivity contribution in [3.8, 4) is 11.5 Å². The number of amides is 1. The van der Waals surface area contributed by atoms with Crippen molar-refractivity contribution in [1.29, 1.82) is 0 Å². The van der Waals surface area contributed by atoms with E-state index in [1.807, 2.05) is 13.8 Å². The van der Waals surface area contributed by atoms with E-state index in [4.69, 9.17) is 25.8 Å². The number of hydrogen-bond acceptors (Lipinski definition) is 6. The molecule has 2 aromatic rings. The lowest BCUT2D eigenvalue weighted by Crippen LogP contribution is -2.36. The highest BCUT2D eigenvalue weighted by Crippen LogP contribution is 2.40. The van der Waals surface area contributed by atoms with Gasteiger partial charge in [-0.2, -0.15) is 0 Å². The van der Waals surface area contributed by atoms with E-state index >= 15 is 0 Å². The molecule has 2 heterocycles. The molecule has 1 spiro atoms. The van der Waals surface area contributed by atoms with Gasteiger partial charge in [-0.15, -0.1) is 0 Å². The number of benzene rings is 2. The van der Waals surface area contributed by atoms with Crippen molar-refractivity contribution in [1.82, 2.24) is 4.90 Å². The molecule has 2 saturated heterocycles. The molecule has 1 amide bonds. The summed E-state index contributed by atoms with van der Waals surface area (Å²) in [7, 11) is 0. The quantitative estimate of drug-likeness (QED) is 0.244. The van der Waals surface area contributed by atoms with E-state index in [2.05, 4.69) is 49.1 Å². The fraction of sp³-hybridized carbons (Fsp3) is 0.471. The van der Waals surface area contributed by atoms with Crippen molar-refractivity contribution in [2.75, 3.05) is 37.7 Å². The molecule has 2 aliphatic rings. The minimum absolute atomic E-state index is 0.000875. The van der Waals surface area contributed by atoms with Crippen LogP contribution in [0.25, 0.3) is 5.57 Å². The SMILES string of the molecule is C/C=C(\C=C/CC)c1c(OCC)cc(CN2CCCC3(CC2)CN(c2ccc(C(=O)O)c(Cl)c2)C(=O)O3)cc1OCCC. The van der Waals surface area contributed by atoms with Crippen LogP contribution in [-0.2, 0) is 11.3 Å². The molecule has 0 aliphatic carbocycles. The van der Waals surface area contributed by atoms with Crippen LogP contribution in [-0.4, -0.2) is 60.5 Å². The van der Waals surface area contributed by atoms with E-state index in [0.29, 0.717) is 31.9 Å². The zero-order valence-corrected chi connectivity index (χ0v) is 26.4. The van der Waals surface area contributed by atoms with Crippen LogP contribution in [0.5, 0.6) is 11.5 Å². The van der Waals surface area contributed by atoms with Gasteiger partial charge in [0.1, 0.15) is 17.1 Å². The van der Waals surface area contributed by atoms with Gasteiger partial charge < -0.3 is 19.3 Å². The molecule has 43 heavy (non-hydrogen) atoms. The van der Waals surface area contributed by atoms with Gasteiger partial charge in [0.2, 0.25) is 0 Å². The third-order valence-corrected chi connectivity index (χ3v) is 8.19. The van der Waals surface area contributed by atoms with Crippen LogP contribution in [0.3, 0.4) is 0 Å². The zero-order chi connectivity index (χ0) is 31.0. The lowest BCUT2D eigenvalue weighted by atomic mass is 9.94. The first-order valence-corrected chi connectivity index (χ1v) is 15.6. The van der Waals surface area contributed by atoms with E-state index in [0.717, 1.165) is 73.5 Å². The van der Waals surface area contributed by atoms with Crippen LogP contribution >= 0.6 is 11.6 Å². The van der Waals surface area contributed by atoms with Crippen LogP contribution in [0, 0.1) is 0 Å². The maximum Gasteiger partial charge on any atom is 0.415 e. The molecule has 1 unspecified atom stereocenters. The molecule has 8 nitrogen and oxygen atoms in total. The minimum Gasteiger partial charge on any atom is -0.493 e. The van der Waals surface area contributed by atoms with Crippen molar-refractivity contribution >= 4 is 34.9 Å². The third-order valence-electron chi connectivity index (χ3n) is 7.88. The van der Waals surface area contributed by atoms with Crippen molar-refractivity contribution in [3.05, 3.63) is 70.3 Å². The number of nitrogens with zero attached hydrogens (tertiary/aromatic N) is 2. The predicted octanol–water partition coefficient (Wildman–Crippen LogP) is 7.98. The highest BCUT2D eigenvalue weighted by molar-refractivity contribution is 6.33. The Kier molecular flexibility index (Phi) is 11.2. The van der Waals surface area contributed by atoms with Gasteiger partial charge in [-0.25, -0.2) is 9.59 Å². The molecule has 1 N–H and O–H groups in total. The van der Waals surface area contributed by atoms with E-state index in [1.54, 1.807) is 11.0 Å². The van der Waals surface area contributed by atoms with Gasteiger partial charge in [0.25, 0.3) is 0 Å². The Bertz CT molecular complexity index is 1370. The second kappa shape index (κ2) is 14.8. The first-order valence-electron chi connectivity index (χ1n) is 15.3. The summed E-state index contributed by atoms with van der Waals surface area (Å²) in [6.45, 7) is 12.2. The lowest BCUT2D eigenvalue weighted by Gasteiger charge is -2.26. The van der Waals surface area contributed by atoms with Crippen LogP contribution in [0.4, 0.5) is 10.5 Å².